The number of nitrogens with two attached hydrogens (primary N) is 1. The van der Waals surface area contributed by atoms with E-state index in [1.165, 1.54) is 6.42 Å². The third-order valence-corrected chi connectivity index (χ3v) is 2.98. The second-order valence-corrected chi connectivity index (χ2v) is 3.92. The van der Waals surface area contributed by atoms with E-state index in [1.54, 1.807) is 0 Å². The average Bonchev–Trinajstić information content (AvgIpc) is 2.49. The molecule has 0 saturated heterocycles. The number of aliphatic hydroxyl groups excluding tert-OH is 1. The largest absolute Gasteiger partial charge is 0.395 e. The van der Waals surface area contributed by atoms with Crippen LogP contribution in [0.4, 0.5) is 0 Å². The van der Waals surface area contributed by atoms with Crippen molar-refractivity contribution in [1.29, 1.82) is 0 Å². The van der Waals surface area contributed by atoms with Crippen molar-refractivity contribution in [2.24, 2.45) is 5.73 Å². The highest BCUT2D eigenvalue weighted by Crippen LogP contribution is 2.22. The van der Waals surface area contributed by atoms with Gasteiger partial charge in [0.2, 0.25) is 0 Å². The minimum atomic E-state index is 0.238. The molecule has 3 N–H and O–H groups in total. The SMILES string of the molecule is CC(CO)N(C)C1CCC(N)C1. The minimum Gasteiger partial charge on any atom is -0.395 e. The van der Waals surface area contributed by atoms with E-state index in [2.05, 4.69) is 11.9 Å². The molecule has 1 aliphatic carbocycles. The van der Waals surface area contributed by atoms with E-state index in [9.17, 15) is 0 Å². The number of rotatable bonds is 3. The lowest BCUT2D eigenvalue weighted by atomic mass is 10.2. The van der Waals surface area contributed by atoms with Crippen LogP contribution >= 0.6 is 0 Å². The van der Waals surface area contributed by atoms with Gasteiger partial charge < -0.3 is 10.8 Å². The fourth-order valence-corrected chi connectivity index (χ4v) is 1.85. The van der Waals surface area contributed by atoms with Crippen LogP contribution in [0.15, 0.2) is 0 Å². The van der Waals surface area contributed by atoms with E-state index >= 15 is 0 Å². The molecule has 1 saturated carbocycles. The third-order valence-electron chi connectivity index (χ3n) is 2.98. The molecule has 12 heavy (non-hydrogen) atoms. The summed E-state index contributed by atoms with van der Waals surface area (Å²) in [6.45, 7) is 2.28. The Balaban J connectivity index is 2.37. The van der Waals surface area contributed by atoms with Crippen LogP contribution in [0.25, 0.3) is 0 Å². The predicted molar refractivity (Wildman–Crippen MR) is 49.9 cm³/mol. The Hall–Kier alpha value is -0.120. The van der Waals surface area contributed by atoms with Crippen LogP contribution in [-0.4, -0.2) is 41.8 Å². The molecule has 0 aromatic carbocycles. The van der Waals surface area contributed by atoms with Crippen LogP contribution in [0.3, 0.4) is 0 Å². The zero-order valence-corrected chi connectivity index (χ0v) is 8.03. The summed E-state index contributed by atoms with van der Waals surface area (Å²) in [6, 6.07) is 1.23. The summed E-state index contributed by atoms with van der Waals surface area (Å²) >= 11 is 0. The molecule has 3 nitrogen and oxygen atoms in total. The van der Waals surface area contributed by atoms with Crippen molar-refractivity contribution in [3.8, 4) is 0 Å². The Morgan fingerprint density at radius 2 is 2.25 bits per heavy atom. The monoisotopic (exact) mass is 172 g/mol. The van der Waals surface area contributed by atoms with E-state index in [0.29, 0.717) is 12.1 Å². The van der Waals surface area contributed by atoms with Gasteiger partial charge in [-0.25, -0.2) is 0 Å². The van der Waals surface area contributed by atoms with Crippen LogP contribution in [0.2, 0.25) is 0 Å². The van der Waals surface area contributed by atoms with Gasteiger partial charge in [0, 0.05) is 18.1 Å². The van der Waals surface area contributed by atoms with Gasteiger partial charge in [0.25, 0.3) is 0 Å². The smallest absolute Gasteiger partial charge is 0.0584 e. The van der Waals surface area contributed by atoms with Gasteiger partial charge in [-0.05, 0) is 33.2 Å². The van der Waals surface area contributed by atoms with Gasteiger partial charge in [0.15, 0.2) is 0 Å². The molecule has 0 heterocycles. The van der Waals surface area contributed by atoms with Crippen LogP contribution in [0, 0.1) is 0 Å². The zero-order valence-electron chi connectivity index (χ0n) is 8.03. The van der Waals surface area contributed by atoms with Crippen LogP contribution in [0.5, 0.6) is 0 Å². The average molecular weight is 172 g/mol. The van der Waals surface area contributed by atoms with Gasteiger partial charge in [-0.15, -0.1) is 0 Å². The highest BCUT2D eigenvalue weighted by molar-refractivity contribution is 4.85. The van der Waals surface area contributed by atoms with Crippen molar-refractivity contribution in [3.63, 3.8) is 0 Å². The fraction of sp³-hybridized carbons (Fsp3) is 1.00. The van der Waals surface area contributed by atoms with Crippen molar-refractivity contribution < 1.29 is 5.11 Å². The molecule has 0 amide bonds. The molecule has 3 heteroatoms. The van der Waals surface area contributed by atoms with Crippen LogP contribution in [-0.2, 0) is 0 Å². The molecule has 72 valence electrons. The Labute approximate surface area is 74.5 Å². The summed E-state index contributed by atoms with van der Waals surface area (Å²) in [5.74, 6) is 0. The maximum Gasteiger partial charge on any atom is 0.0584 e. The first-order valence-electron chi connectivity index (χ1n) is 4.73. The van der Waals surface area contributed by atoms with Crippen molar-refractivity contribution in [2.75, 3.05) is 13.7 Å². The molecule has 1 rings (SSSR count). The van der Waals surface area contributed by atoms with Gasteiger partial charge in [-0.1, -0.05) is 0 Å². The molecule has 1 fully saturated rings. The second kappa shape index (κ2) is 4.21. The van der Waals surface area contributed by atoms with E-state index in [-0.39, 0.29) is 12.6 Å². The van der Waals surface area contributed by atoms with E-state index in [1.807, 2.05) is 6.92 Å². The summed E-state index contributed by atoms with van der Waals surface area (Å²) in [5.41, 5.74) is 5.82. The molecule has 0 bridgehead atoms. The Bertz CT molecular complexity index is 140. The molecule has 3 atom stereocenters. The standard InChI is InChI=1S/C9H20N2O/c1-7(6-12)11(2)9-4-3-8(10)5-9/h7-9,12H,3-6,10H2,1-2H3. The summed E-state index contributed by atoms with van der Waals surface area (Å²) in [5, 5.41) is 8.96. The quantitative estimate of drug-likeness (QED) is 0.638. The number of nitrogens with zero attached hydrogens (tertiary/aromatic N) is 1. The molecule has 1 aliphatic rings. The van der Waals surface area contributed by atoms with Crippen molar-refractivity contribution in [3.05, 3.63) is 0 Å². The summed E-state index contributed by atoms with van der Waals surface area (Å²) in [7, 11) is 2.07. The van der Waals surface area contributed by atoms with Crippen LogP contribution in [0.1, 0.15) is 26.2 Å². The van der Waals surface area contributed by atoms with Gasteiger partial charge in [-0.3, -0.25) is 4.90 Å². The fourth-order valence-electron chi connectivity index (χ4n) is 1.85. The van der Waals surface area contributed by atoms with Gasteiger partial charge >= 0.3 is 0 Å². The predicted octanol–water partition coefficient (Wildman–Crippen LogP) is 0.179. The van der Waals surface area contributed by atoms with Crippen molar-refractivity contribution in [1.82, 2.24) is 4.90 Å². The highest BCUT2D eigenvalue weighted by Gasteiger charge is 2.26. The molecular weight excluding hydrogens is 152 g/mol. The second-order valence-electron chi connectivity index (χ2n) is 3.92. The number of hydrogen-bond acceptors (Lipinski definition) is 3. The number of aliphatic hydroxyl groups is 1. The van der Waals surface area contributed by atoms with Gasteiger partial charge in [-0.2, -0.15) is 0 Å². The van der Waals surface area contributed by atoms with E-state index < -0.39 is 0 Å². The molecule has 0 radical (unpaired) electrons. The lowest BCUT2D eigenvalue weighted by Gasteiger charge is -2.29. The van der Waals surface area contributed by atoms with Gasteiger partial charge in [0.05, 0.1) is 6.61 Å². The first kappa shape index (κ1) is 9.96. The minimum absolute atomic E-state index is 0.238. The molecule has 0 aromatic heterocycles. The number of likely N-dealkylation sites (N-methyl/N-ethyl adjacent to an activating group) is 1. The van der Waals surface area contributed by atoms with Gasteiger partial charge in [0.1, 0.15) is 0 Å². The lowest BCUT2D eigenvalue weighted by Crippen LogP contribution is -2.39. The third kappa shape index (κ3) is 2.19. The molecule has 0 spiro atoms. The van der Waals surface area contributed by atoms with Crippen LogP contribution < -0.4 is 5.73 Å². The number of hydrogen-bond donors (Lipinski definition) is 2. The topological polar surface area (TPSA) is 49.5 Å². The lowest BCUT2D eigenvalue weighted by molar-refractivity contribution is 0.121. The Morgan fingerprint density at radius 3 is 2.67 bits per heavy atom. The first-order chi connectivity index (χ1) is 5.65. The first-order valence-corrected chi connectivity index (χ1v) is 4.73. The molecule has 0 aliphatic heterocycles. The summed E-state index contributed by atoms with van der Waals surface area (Å²) in [6.07, 6.45) is 3.40. The molecule has 0 aromatic rings. The normalized spacial score (nSPS) is 32.8. The summed E-state index contributed by atoms with van der Waals surface area (Å²) < 4.78 is 0. The van der Waals surface area contributed by atoms with Crippen molar-refractivity contribution >= 4 is 0 Å². The van der Waals surface area contributed by atoms with Crippen molar-refractivity contribution in [2.45, 2.75) is 44.3 Å². The molecule has 3 unspecified atom stereocenters. The molecular formula is C9H20N2O. The van der Waals surface area contributed by atoms with E-state index in [0.717, 1.165) is 12.8 Å². The zero-order chi connectivity index (χ0) is 9.14. The Morgan fingerprint density at radius 1 is 1.58 bits per heavy atom. The maximum absolute atomic E-state index is 8.96. The van der Waals surface area contributed by atoms with E-state index in [4.69, 9.17) is 10.8 Å². The highest BCUT2D eigenvalue weighted by atomic mass is 16.3. The summed E-state index contributed by atoms with van der Waals surface area (Å²) in [4.78, 5) is 2.24. The Kier molecular flexibility index (Phi) is 3.50. The maximum atomic E-state index is 8.96.